The predicted octanol–water partition coefficient (Wildman–Crippen LogP) is 7.62. The first kappa shape index (κ1) is 22.0. The SMILES string of the molecule is C=C/C(C)=C(\C)NC(C)N1/C=C\C=C/C(=C)c2c1c(C)cc1c2C(C)(C)c2ccccc2-1. The molecule has 1 aliphatic carbocycles. The zero-order valence-electron chi connectivity index (χ0n) is 20.2. The summed E-state index contributed by atoms with van der Waals surface area (Å²) in [7, 11) is 0. The van der Waals surface area contributed by atoms with Crippen LogP contribution in [0.2, 0.25) is 0 Å². The number of hydrogen-bond acceptors (Lipinski definition) is 2. The van der Waals surface area contributed by atoms with Gasteiger partial charge < -0.3 is 10.2 Å². The largest absolute Gasteiger partial charge is 0.369 e. The van der Waals surface area contributed by atoms with E-state index in [9.17, 15) is 0 Å². The molecule has 0 spiro atoms. The average Bonchev–Trinajstić information content (AvgIpc) is 2.98. The fraction of sp³-hybridized carbons (Fsp3) is 0.267. The van der Waals surface area contributed by atoms with E-state index in [0.717, 1.165) is 16.8 Å². The van der Waals surface area contributed by atoms with Crippen LogP contribution in [-0.4, -0.2) is 6.17 Å². The average molecular weight is 423 g/mol. The smallest absolute Gasteiger partial charge is 0.100 e. The van der Waals surface area contributed by atoms with Crippen LogP contribution < -0.4 is 10.2 Å². The van der Waals surface area contributed by atoms with Crippen LogP contribution in [0.25, 0.3) is 16.7 Å². The van der Waals surface area contributed by atoms with E-state index in [1.54, 1.807) is 0 Å². The van der Waals surface area contributed by atoms with Gasteiger partial charge in [-0.15, -0.1) is 0 Å². The number of allylic oxidation sites excluding steroid dienone is 7. The first-order valence-corrected chi connectivity index (χ1v) is 11.3. The van der Waals surface area contributed by atoms with Crippen LogP contribution in [0.5, 0.6) is 0 Å². The summed E-state index contributed by atoms with van der Waals surface area (Å²) in [6.45, 7) is 21.7. The van der Waals surface area contributed by atoms with Crippen LogP contribution in [0.3, 0.4) is 0 Å². The third-order valence-corrected chi connectivity index (χ3v) is 6.98. The quantitative estimate of drug-likeness (QED) is 0.510. The maximum Gasteiger partial charge on any atom is 0.100 e. The highest BCUT2D eigenvalue weighted by molar-refractivity contribution is 5.95. The van der Waals surface area contributed by atoms with Gasteiger partial charge in [0, 0.05) is 22.9 Å². The number of anilines is 1. The summed E-state index contributed by atoms with van der Waals surface area (Å²) in [6.07, 6.45) is 10.4. The molecule has 0 saturated heterocycles. The van der Waals surface area contributed by atoms with Crippen molar-refractivity contribution in [2.24, 2.45) is 0 Å². The highest BCUT2D eigenvalue weighted by atomic mass is 15.3. The van der Waals surface area contributed by atoms with Gasteiger partial charge in [0.1, 0.15) is 6.17 Å². The molecule has 2 nitrogen and oxygen atoms in total. The number of rotatable bonds is 4. The second-order valence-electron chi connectivity index (χ2n) is 9.48. The van der Waals surface area contributed by atoms with Crippen molar-refractivity contribution in [3.05, 3.63) is 108 Å². The third-order valence-electron chi connectivity index (χ3n) is 6.98. The number of benzene rings is 2. The summed E-state index contributed by atoms with van der Waals surface area (Å²) in [5.74, 6) is 0. The van der Waals surface area contributed by atoms with Crippen LogP contribution >= 0.6 is 0 Å². The molecule has 2 aromatic rings. The lowest BCUT2D eigenvalue weighted by molar-refractivity contribution is 0.610. The number of hydrogen-bond donors (Lipinski definition) is 1. The second kappa shape index (κ2) is 8.02. The summed E-state index contributed by atoms with van der Waals surface area (Å²) >= 11 is 0. The van der Waals surface area contributed by atoms with E-state index in [0.29, 0.717) is 0 Å². The van der Waals surface area contributed by atoms with Crippen molar-refractivity contribution >= 4 is 11.3 Å². The maximum absolute atomic E-state index is 4.51. The molecule has 0 radical (unpaired) electrons. The molecular formula is C30H34N2. The molecule has 1 N–H and O–H groups in total. The Morgan fingerprint density at radius 3 is 2.56 bits per heavy atom. The van der Waals surface area contributed by atoms with Crippen molar-refractivity contribution in [1.82, 2.24) is 5.32 Å². The molecule has 0 fully saturated rings. The number of nitrogens with zero attached hydrogens (tertiary/aromatic N) is 1. The number of aryl methyl sites for hydroxylation is 1. The van der Waals surface area contributed by atoms with Crippen molar-refractivity contribution in [3.63, 3.8) is 0 Å². The van der Waals surface area contributed by atoms with Gasteiger partial charge in [0.25, 0.3) is 0 Å². The Morgan fingerprint density at radius 2 is 1.84 bits per heavy atom. The topological polar surface area (TPSA) is 15.3 Å². The minimum atomic E-state index is -0.0962. The summed E-state index contributed by atoms with van der Waals surface area (Å²) in [6, 6.07) is 11.2. The normalized spacial score (nSPS) is 19.6. The van der Waals surface area contributed by atoms with Crippen LogP contribution in [0, 0.1) is 6.92 Å². The van der Waals surface area contributed by atoms with Gasteiger partial charge in [0.2, 0.25) is 0 Å². The van der Waals surface area contributed by atoms with E-state index in [1.807, 2.05) is 6.08 Å². The van der Waals surface area contributed by atoms with Crippen molar-refractivity contribution in [2.45, 2.75) is 53.1 Å². The van der Waals surface area contributed by atoms with Crippen LogP contribution in [-0.2, 0) is 5.41 Å². The lowest BCUT2D eigenvalue weighted by atomic mass is 9.77. The van der Waals surface area contributed by atoms with Gasteiger partial charge in [-0.1, -0.05) is 69.5 Å². The minimum Gasteiger partial charge on any atom is -0.369 e. The third kappa shape index (κ3) is 3.35. The monoisotopic (exact) mass is 422 g/mol. The Kier molecular flexibility index (Phi) is 5.50. The Balaban J connectivity index is 1.97. The molecule has 2 heteroatoms. The molecule has 1 unspecified atom stereocenters. The first-order valence-electron chi connectivity index (χ1n) is 11.3. The molecule has 164 valence electrons. The van der Waals surface area contributed by atoms with Gasteiger partial charge in [0.15, 0.2) is 0 Å². The van der Waals surface area contributed by atoms with E-state index in [1.165, 1.54) is 39.1 Å². The van der Waals surface area contributed by atoms with Gasteiger partial charge in [-0.25, -0.2) is 0 Å². The number of fused-ring (bicyclic) bond motifs is 5. The van der Waals surface area contributed by atoms with Gasteiger partial charge in [0.05, 0.1) is 5.69 Å². The van der Waals surface area contributed by atoms with Gasteiger partial charge in [-0.05, 0) is 78.8 Å². The van der Waals surface area contributed by atoms with Gasteiger partial charge >= 0.3 is 0 Å². The first-order chi connectivity index (χ1) is 15.2. The van der Waals surface area contributed by atoms with E-state index in [4.69, 9.17) is 0 Å². The minimum absolute atomic E-state index is 0.0582. The summed E-state index contributed by atoms with van der Waals surface area (Å²) in [4.78, 5) is 2.35. The second-order valence-corrected chi connectivity index (χ2v) is 9.48. The summed E-state index contributed by atoms with van der Waals surface area (Å²) < 4.78 is 0. The van der Waals surface area contributed by atoms with Gasteiger partial charge in [-0.3, -0.25) is 0 Å². The Bertz CT molecular complexity index is 1200. The predicted molar refractivity (Wildman–Crippen MR) is 140 cm³/mol. The Morgan fingerprint density at radius 1 is 1.12 bits per heavy atom. The van der Waals surface area contributed by atoms with E-state index >= 15 is 0 Å². The zero-order chi connectivity index (χ0) is 23.2. The molecule has 1 heterocycles. The highest BCUT2D eigenvalue weighted by Crippen LogP contribution is 2.54. The maximum atomic E-state index is 4.51. The zero-order valence-corrected chi connectivity index (χ0v) is 20.2. The molecule has 1 atom stereocenters. The molecule has 2 aromatic carbocycles. The van der Waals surface area contributed by atoms with E-state index < -0.39 is 0 Å². The summed E-state index contributed by atoms with van der Waals surface area (Å²) in [5.41, 5.74) is 12.4. The van der Waals surface area contributed by atoms with Crippen molar-refractivity contribution < 1.29 is 0 Å². The van der Waals surface area contributed by atoms with Crippen molar-refractivity contribution in [3.8, 4) is 11.1 Å². The lowest BCUT2D eigenvalue weighted by Gasteiger charge is -2.36. The molecule has 4 rings (SSSR count). The van der Waals surface area contributed by atoms with Crippen LogP contribution in [0.1, 0.15) is 56.9 Å². The molecular weight excluding hydrogens is 388 g/mol. The molecule has 1 aliphatic heterocycles. The van der Waals surface area contributed by atoms with Crippen molar-refractivity contribution in [2.75, 3.05) is 4.90 Å². The van der Waals surface area contributed by atoms with E-state index in [2.05, 4.69) is 120 Å². The fourth-order valence-electron chi connectivity index (χ4n) is 5.16. The standard InChI is InChI=1S/C30H34N2/c1-9-19(2)22(5)31-23(6)32-17-13-12-14-20(3)27-28-25(18-21(4)29(27)32)24-15-10-11-16-26(24)30(28,7)8/h9-18,23,31H,1,3H2,2,4-8H3/b14-12-,17-13-,22-19+. The highest BCUT2D eigenvalue weighted by Gasteiger charge is 2.39. The van der Waals surface area contributed by atoms with E-state index in [-0.39, 0.29) is 11.6 Å². The molecule has 0 bridgehead atoms. The summed E-state index contributed by atoms with van der Waals surface area (Å²) in [5, 5.41) is 3.67. The molecule has 32 heavy (non-hydrogen) atoms. The number of nitrogens with one attached hydrogen (secondary N) is 1. The van der Waals surface area contributed by atoms with Crippen molar-refractivity contribution in [1.29, 1.82) is 0 Å². The Hall–Kier alpha value is -3.26. The lowest BCUT2D eigenvalue weighted by Crippen LogP contribution is -2.41. The molecule has 2 aliphatic rings. The molecule has 0 aromatic heterocycles. The van der Waals surface area contributed by atoms with Crippen LogP contribution in [0.15, 0.2) is 85.3 Å². The molecule has 0 saturated carbocycles. The van der Waals surface area contributed by atoms with Crippen LogP contribution in [0.4, 0.5) is 5.69 Å². The van der Waals surface area contributed by atoms with Gasteiger partial charge in [-0.2, -0.15) is 0 Å². The fourth-order valence-corrected chi connectivity index (χ4v) is 5.16. The Labute approximate surface area is 193 Å². The molecule has 0 amide bonds.